The van der Waals surface area contributed by atoms with Gasteiger partial charge in [0, 0.05) is 31.3 Å². The van der Waals surface area contributed by atoms with Crippen LogP contribution in [0, 0.1) is 0 Å². The molecule has 0 saturated carbocycles. The first-order valence-electron chi connectivity index (χ1n) is 8.09. The molecule has 7 nitrogen and oxygen atoms in total. The Bertz CT molecular complexity index is 716. The molecule has 3 heterocycles. The molecule has 7 heteroatoms. The van der Waals surface area contributed by atoms with Gasteiger partial charge >= 0.3 is 5.97 Å². The summed E-state index contributed by atoms with van der Waals surface area (Å²) in [7, 11) is 1.36. The number of nitrogens with zero attached hydrogens (tertiary/aromatic N) is 3. The van der Waals surface area contributed by atoms with Crippen LogP contribution in [0.2, 0.25) is 0 Å². The molecule has 4 rings (SSSR count). The Morgan fingerprint density at radius 3 is 2.75 bits per heavy atom. The molecule has 24 heavy (non-hydrogen) atoms. The van der Waals surface area contributed by atoms with E-state index < -0.39 is 0 Å². The molecule has 1 aromatic carbocycles. The highest BCUT2D eigenvalue weighted by Gasteiger charge is 2.37. The van der Waals surface area contributed by atoms with E-state index in [0.29, 0.717) is 29.2 Å². The average molecular weight is 329 g/mol. The molecule has 0 amide bonds. The van der Waals surface area contributed by atoms with Crippen LogP contribution in [0.1, 0.15) is 28.6 Å². The van der Waals surface area contributed by atoms with Crippen molar-refractivity contribution in [3.63, 3.8) is 0 Å². The number of aromatic nitrogens is 2. The van der Waals surface area contributed by atoms with Crippen LogP contribution >= 0.6 is 0 Å². The van der Waals surface area contributed by atoms with Crippen molar-refractivity contribution in [1.29, 1.82) is 0 Å². The van der Waals surface area contributed by atoms with Crippen molar-refractivity contribution in [3.8, 4) is 11.4 Å². The summed E-state index contributed by atoms with van der Waals surface area (Å²) in [5, 5.41) is 4.06. The zero-order valence-electron chi connectivity index (χ0n) is 13.5. The van der Waals surface area contributed by atoms with E-state index in [0.717, 1.165) is 38.3 Å². The third-order valence-electron chi connectivity index (χ3n) is 4.69. The molecule has 2 saturated heterocycles. The fourth-order valence-electron chi connectivity index (χ4n) is 3.17. The highest BCUT2D eigenvalue weighted by Crippen LogP contribution is 2.31. The summed E-state index contributed by atoms with van der Waals surface area (Å²) < 4.78 is 15.5. The number of hydrogen-bond donors (Lipinski definition) is 0. The molecule has 1 aromatic heterocycles. The van der Waals surface area contributed by atoms with E-state index in [4.69, 9.17) is 9.26 Å². The number of likely N-dealkylation sites (tertiary alicyclic amines) is 1. The smallest absolute Gasteiger partial charge is 0.337 e. The molecule has 0 aliphatic carbocycles. The molecule has 2 aliphatic rings. The normalized spacial score (nSPS) is 21.6. The largest absolute Gasteiger partial charge is 0.465 e. The topological polar surface area (TPSA) is 77.7 Å². The van der Waals surface area contributed by atoms with Gasteiger partial charge in [-0.15, -0.1) is 0 Å². The highest BCUT2D eigenvalue weighted by atomic mass is 16.5. The molecule has 0 bridgehead atoms. The maximum atomic E-state index is 11.5. The monoisotopic (exact) mass is 329 g/mol. The molecule has 2 fully saturated rings. The summed E-state index contributed by atoms with van der Waals surface area (Å²) in [6, 6.07) is 7.52. The third kappa shape index (κ3) is 2.81. The van der Waals surface area contributed by atoms with E-state index in [2.05, 4.69) is 19.8 Å². The number of ether oxygens (including phenoxy) is 2. The molecule has 0 radical (unpaired) electrons. The van der Waals surface area contributed by atoms with Gasteiger partial charge in [-0.3, -0.25) is 4.90 Å². The minimum Gasteiger partial charge on any atom is -0.465 e. The van der Waals surface area contributed by atoms with Gasteiger partial charge in [-0.05, 0) is 18.6 Å². The number of carbonyl (C=O) groups excluding carboxylic acids is 1. The number of hydrogen-bond acceptors (Lipinski definition) is 7. The van der Waals surface area contributed by atoms with Crippen LogP contribution in [0.3, 0.4) is 0 Å². The maximum absolute atomic E-state index is 11.5. The summed E-state index contributed by atoms with van der Waals surface area (Å²) in [5.74, 6) is 1.16. The van der Waals surface area contributed by atoms with Gasteiger partial charge in [0.15, 0.2) is 0 Å². The van der Waals surface area contributed by atoms with Crippen molar-refractivity contribution < 1.29 is 18.8 Å². The summed E-state index contributed by atoms with van der Waals surface area (Å²) in [6.45, 7) is 3.57. The molecule has 2 aliphatic heterocycles. The number of esters is 1. The van der Waals surface area contributed by atoms with Crippen molar-refractivity contribution in [2.45, 2.75) is 18.4 Å². The van der Waals surface area contributed by atoms with Crippen molar-refractivity contribution in [2.24, 2.45) is 0 Å². The van der Waals surface area contributed by atoms with E-state index >= 15 is 0 Å². The standard InChI is InChI=1S/C17H19N3O4/c1-22-17(21)12-4-2-11(3-5-12)15-18-16(24-19-15)13-8-20(9-13)14-6-7-23-10-14/h2-5,13-14H,6-10H2,1H3. The van der Waals surface area contributed by atoms with E-state index in [1.807, 2.05) is 0 Å². The van der Waals surface area contributed by atoms with Gasteiger partial charge in [0.2, 0.25) is 11.7 Å². The van der Waals surface area contributed by atoms with Gasteiger partial charge in [0.1, 0.15) is 0 Å². The zero-order valence-corrected chi connectivity index (χ0v) is 13.5. The lowest BCUT2D eigenvalue weighted by Gasteiger charge is -2.40. The SMILES string of the molecule is COC(=O)c1ccc(-c2noc(C3CN(C4CCOC4)C3)n2)cc1. The van der Waals surface area contributed by atoms with Crippen LogP contribution in [0.25, 0.3) is 11.4 Å². The number of rotatable bonds is 4. The first-order valence-corrected chi connectivity index (χ1v) is 8.09. The van der Waals surface area contributed by atoms with Gasteiger partial charge in [-0.25, -0.2) is 4.79 Å². The van der Waals surface area contributed by atoms with Crippen LogP contribution in [-0.4, -0.2) is 60.5 Å². The molecule has 1 atom stereocenters. The average Bonchev–Trinajstić information content (AvgIpc) is 3.25. The maximum Gasteiger partial charge on any atom is 0.337 e. The zero-order chi connectivity index (χ0) is 16.5. The fraction of sp³-hybridized carbons (Fsp3) is 0.471. The van der Waals surface area contributed by atoms with E-state index in [9.17, 15) is 4.79 Å². The highest BCUT2D eigenvalue weighted by molar-refractivity contribution is 5.89. The van der Waals surface area contributed by atoms with Crippen LogP contribution in [0.4, 0.5) is 0 Å². The third-order valence-corrected chi connectivity index (χ3v) is 4.69. The minimum absolute atomic E-state index is 0.293. The number of carbonyl (C=O) groups is 1. The Hall–Kier alpha value is -2.25. The van der Waals surface area contributed by atoms with Crippen molar-refractivity contribution in [3.05, 3.63) is 35.7 Å². The van der Waals surface area contributed by atoms with Crippen LogP contribution in [0.15, 0.2) is 28.8 Å². The predicted molar refractivity (Wildman–Crippen MR) is 84.6 cm³/mol. The lowest BCUT2D eigenvalue weighted by atomic mass is 9.97. The van der Waals surface area contributed by atoms with Crippen molar-refractivity contribution in [1.82, 2.24) is 15.0 Å². The van der Waals surface area contributed by atoms with Crippen LogP contribution < -0.4 is 0 Å². The summed E-state index contributed by atoms with van der Waals surface area (Å²) >= 11 is 0. The fourth-order valence-corrected chi connectivity index (χ4v) is 3.17. The molecular formula is C17H19N3O4. The summed E-state index contributed by atoms with van der Waals surface area (Å²) in [5.41, 5.74) is 1.32. The first kappa shape index (κ1) is 15.3. The van der Waals surface area contributed by atoms with Crippen molar-refractivity contribution in [2.75, 3.05) is 33.4 Å². The van der Waals surface area contributed by atoms with Crippen LogP contribution in [-0.2, 0) is 9.47 Å². The van der Waals surface area contributed by atoms with Gasteiger partial charge in [0.05, 0.1) is 25.2 Å². The molecule has 2 aromatic rings. The van der Waals surface area contributed by atoms with E-state index in [1.165, 1.54) is 7.11 Å². The molecule has 0 N–H and O–H groups in total. The lowest BCUT2D eigenvalue weighted by molar-refractivity contribution is 0.0601. The Morgan fingerprint density at radius 1 is 1.29 bits per heavy atom. The molecule has 1 unspecified atom stereocenters. The van der Waals surface area contributed by atoms with Crippen molar-refractivity contribution >= 4 is 5.97 Å². The Morgan fingerprint density at radius 2 is 2.08 bits per heavy atom. The van der Waals surface area contributed by atoms with E-state index in [1.54, 1.807) is 24.3 Å². The Balaban J connectivity index is 1.41. The Kier molecular flexibility index (Phi) is 4.03. The van der Waals surface area contributed by atoms with Gasteiger partial charge in [0.25, 0.3) is 0 Å². The number of benzene rings is 1. The first-order chi connectivity index (χ1) is 11.7. The van der Waals surface area contributed by atoms with Gasteiger partial charge in [-0.2, -0.15) is 4.98 Å². The number of methoxy groups -OCH3 is 1. The predicted octanol–water partition coefficient (Wildman–Crippen LogP) is 1.71. The summed E-state index contributed by atoms with van der Waals surface area (Å²) in [4.78, 5) is 18.4. The van der Waals surface area contributed by atoms with Crippen LogP contribution in [0.5, 0.6) is 0 Å². The molecule has 126 valence electrons. The second-order valence-electron chi connectivity index (χ2n) is 6.19. The van der Waals surface area contributed by atoms with Gasteiger partial charge < -0.3 is 14.0 Å². The molecule has 0 spiro atoms. The Labute approximate surface area is 139 Å². The lowest BCUT2D eigenvalue weighted by Crippen LogP contribution is -2.51. The van der Waals surface area contributed by atoms with Gasteiger partial charge in [-0.1, -0.05) is 17.3 Å². The molecular weight excluding hydrogens is 310 g/mol. The second-order valence-corrected chi connectivity index (χ2v) is 6.19. The summed E-state index contributed by atoms with van der Waals surface area (Å²) in [6.07, 6.45) is 1.11. The quantitative estimate of drug-likeness (QED) is 0.790. The van der Waals surface area contributed by atoms with E-state index in [-0.39, 0.29) is 5.97 Å². The second kappa shape index (κ2) is 6.33. The minimum atomic E-state index is -0.360.